The van der Waals surface area contributed by atoms with Gasteiger partial charge in [-0.25, -0.2) is 4.79 Å². The van der Waals surface area contributed by atoms with Crippen LogP contribution in [0, 0.1) is 6.92 Å². The molecule has 0 atom stereocenters. The lowest BCUT2D eigenvalue weighted by Crippen LogP contribution is -2.20. The highest BCUT2D eigenvalue weighted by Gasteiger charge is 2.08. The normalized spacial score (nSPS) is 10.0. The van der Waals surface area contributed by atoms with Crippen LogP contribution >= 0.6 is 11.6 Å². The van der Waals surface area contributed by atoms with Crippen LogP contribution in [-0.4, -0.2) is 11.8 Å². The van der Waals surface area contributed by atoms with Crippen LogP contribution in [0.15, 0.2) is 42.5 Å². The lowest BCUT2D eigenvalue weighted by Gasteiger charge is -2.11. The fourth-order valence-electron chi connectivity index (χ4n) is 1.85. The maximum atomic E-state index is 12.0. The third-order valence-electron chi connectivity index (χ3n) is 3.01. The Morgan fingerprint density at radius 1 is 1.00 bits per heavy atom. The third kappa shape index (κ3) is 3.83. The molecule has 0 unspecified atom stereocenters. The summed E-state index contributed by atoms with van der Waals surface area (Å²) in [6.45, 7) is 3.36. The van der Waals surface area contributed by atoms with Gasteiger partial charge in [-0.3, -0.25) is 4.79 Å². The molecule has 2 N–H and O–H groups in total. The van der Waals surface area contributed by atoms with Gasteiger partial charge in [0.1, 0.15) is 0 Å². The molecule has 2 aromatic rings. The number of halogens is 1. The van der Waals surface area contributed by atoms with Gasteiger partial charge in [0.15, 0.2) is 5.78 Å². The van der Waals surface area contributed by atoms with Crippen LogP contribution in [-0.2, 0) is 0 Å². The Morgan fingerprint density at radius 3 is 2.24 bits per heavy atom. The maximum Gasteiger partial charge on any atom is 0.323 e. The molecule has 2 aromatic carbocycles. The van der Waals surface area contributed by atoms with E-state index in [2.05, 4.69) is 10.6 Å². The number of benzene rings is 2. The zero-order valence-corrected chi connectivity index (χ0v) is 12.5. The Bertz CT molecular complexity index is 661. The molecule has 0 saturated carbocycles. The van der Waals surface area contributed by atoms with Crippen LogP contribution in [0.4, 0.5) is 16.2 Å². The van der Waals surface area contributed by atoms with Crippen molar-refractivity contribution in [1.82, 2.24) is 0 Å². The van der Waals surface area contributed by atoms with Crippen LogP contribution in [0.1, 0.15) is 22.8 Å². The molecule has 0 saturated heterocycles. The molecule has 0 radical (unpaired) electrons. The second-order valence-corrected chi connectivity index (χ2v) is 5.05. The van der Waals surface area contributed by atoms with Gasteiger partial charge < -0.3 is 10.6 Å². The number of aryl methyl sites for hydroxylation is 1. The lowest BCUT2D eigenvalue weighted by molar-refractivity contribution is 0.101. The van der Waals surface area contributed by atoms with E-state index in [4.69, 9.17) is 11.6 Å². The second-order valence-electron chi connectivity index (χ2n) is 4.64. The van der Waals surface area contributed by atoms with E-state index >= 15 is 0 Å². The van der Waals surface area contributed by atoms with Crippen LogP contribution in [0.2, 0.25) is 5.02 Å². The molecule has 0 spiro atoms. The molecular weight excluding hydrogens is 288 g/mol. The highest BCUT2D eigenvalue weighted by atomic mass is 35.5. The second kappa shape index (κ2) is 6.41. The van der Waals surface area contributed by atoms with Crippen molar-refractivity contribution < 1.29 is 9.59 Å². The minimum atomic E-state index is -0.387. The van der Waals surface area contributed by atoms with Gasteiger partial charge in [0.25, 0.3) is 0 Å². The van der Waals surface area contributed by atoms with E-state index in [1.807, 2.05) is 19.1 Å². The topological polar surface area (TPSA) is 58.2 Å². The van der Waals surface area contributed by atoms with Crippen molar-refractivity contribution in [3.63, 3.8) is 0 Å². The van der Waals surface area contributed by atoms with Crippen LogP contribution < -0.4 is 10.6 Å². The highest BCUT2D eigenvalue weighted by Crippen LogP contribution is 2.25. The maximum absolute atomic E-state index is 12.0. The Balaban J connectivity index is 2.06. The predicted octanol–water partition coefficient (Wildman–Crippen LogP) is 4.50. The molecule has 0 aliphatic carbocycles. The molecule has 2 rings (SSSR count). The highest BCUT2D eigenvalue weighted by molar-refractivity contribution is 6.34. The molecule has 5 heteroatoms. The first-order valence-corrected chi connectivity index (χ1v) is 6.79. The van der Waals surface area contributed by atoms with Gasteiger partial charge in [0, 0.05) is 11.3 Å². The zero-order valence-electron chi connectivity index (χ0n) is 11.7. The fraction of sp³-hybridized carbons (Fsp3) is 0.125. The zero-order chi connectivity index (χ0) is 15.4. The first kappa shape index (κ1) is 15.1. The number of amides is 2. The van der Waals surface area contributed by atoms with E-state index in [1.165, 1.54) is 6.92 Å². The summed E-state index contributed by atoms with van der Waals surface area (Å²) in [5.41, 5.74) is 2.66. The Morgan fingerprint density at radius 2 is 1.67 bits per heavy atom. The first-order chi connectivity index (χ1) is 9.97. The molecule has 0 heterocycles. The largest absolute Gasteiger partial charge is 0.323 e. The van der Waals surface area contributed by atoms with E-state index < -0.39 is 0 Å². The van der Waals surface area contributed by atoms with Crippen molar-refractivity contribution in [1.29, 1.82) is 0 Å². The van der Waals surface area contributed by atoms with Crippen molar-refractivity contribution in [2.45, 2.75) is 13.8 Å². The van der Waals surface area contributed by atoms with Crippen molar-refractivity contribution in [2.75, 3.05) is 10.6 Å². The summed E-state index contributed by atoms with van der Waals surface area (Å²) in [5, 5.41) is 5.89. The van der Waals surface area contributed by atoms with Gasteiger partial charge in [0.2, 0.25) is 0 Å². The number of hydrogen-bond donors (Lipinski definition) is 2. The Labute approximate surface area is 128 Å². The number of Topliss-reactive ketones (excluding diaryl/α,β-unsaturated/α-hetero) is 1. The van der Waals surface area contributed by atoms with Gasteiger partial charge >= 0.3 is 6.03 Å². The monoisotopic (exact) mass is 302 g/mol. The van der Waals surface area contributed by atoms with Crippen molar-refractivity contribution in [3.8, 4) is 0 Å². The van der Waals surface area contributed by atoms with Gasteiger partial charge in [-0.2, -0.15) is 0 Å². The van der Waals surface area contributed by atoms with E-state index in [9.17, 15) is 9.59 Å². The standard InChI is InChI=1S/C16H15ClN2O2/c1-10-4-3-5-14(17)15(10)19-16(21)18-13-8-6-12(7-9-13)11(2)20/h3-9H,1-2H3,(H2,18,19,21). The summed E-state index contributed by atoms with van der Waals surface area (Å²) >= 11 is 6.05. The number of rotatable bonds is 3. The van der Waals surface area contributed by atoms with E-state index in [0.29, 0.717) is 22.0 Å². The average Bonchev–Trinajstić information content (AvgIpc) is 2.43. The number of para-hydroxylation sites is 1. The first-order valence-electron chi connectivity index (χ1n) is 6.41. The van der Waals surface area contributed by atoms with Gasteiger partial charge in [-0.1, -0.05) is 23.7 Å². The Hall–Kier alpha value is -2.33. The van der Waals surface area contributed by atoms with Gasteiger partial charge in [-0.05, 0) is 49.7 Å². The minimum absolute atomic E-state index is 0.0160. The van der Waals surface area contributed by atoms with Crippen molar-refractivity contribution in [3.05, 3.63) is 58.6 Å². The van der Waals surface area contributed by atoms with Crippen LogP contribution in [0.3, 0.4) is 0 Å². The summed E-state index contributed by atoms with van der Waals surface area (Å²) in [7, 11) is 0. The van der Waals surface area contributed by atoms with Crippen LogP contribution in [0.5, 0.6) is 0 Å². The van der Waals surface area contributed by atoms with Gasteiger partial charge in [-0.15, -0.1) is 0 Å². The number of urea groups is 1. The summed E-state index contributed by atoms with van der Waals surface area (Å²) in [5.74, 6) is -0.0160. The molecule has 0 fully saturated rings. The van der Waals surface area contributed by atoms with Crippen molar-refractivity contribution >= 4 is 34.8 Å². The number of hydrogen-bond acceptors (Lipinski definition) is 2. The molecule has 4 nitrogen and oxygen atoms in total. The molecule has 0 bridgehead atoms. The van der Waals surface area contributed by atoms with Crippen LogP contribution in [0.25, 0.3) is 0 Å². The SMILES string of the molecule is CC(=O)c1ccc(NC(=O)Nc2c(C)cccc2Cl)cc1. The summed E-state index contributed by atoms with van der Waals surface area (Å²) in [4.78, 5) is 23.1. The minimum Gasteiger partial charge on any atom is -0.308 e. The molecule has 0 aromatic heterocycles. The predicted molar refractivity (Wildman–Crippen MR) is 85.3 cm³/mol. The van der Waals surface area contributed by atoms with E-state index in [-0.39, 0.29) is 11.8 Å². The molecule has 108 valence electrons. The number of carbonyl (C=O) groups excluding carboxylic acids is 2. The molecule has 21 heavy (non-hydrogen) atoms. The number of nitrogens with one attached hydrogen (secondary N) is 2. The average molecular weight is 303 g/mol. The number of ketones is 1. The summed E-state index contributed by atoms with van der Waals surface area (Å²) in [6.07, 6.45) is 0. The van der Waals surface area contributed by atoms with Crippen molar-refractivity contribution in [2.24, 2.45) is 0 Å². The smallest absolute Gasteiger partial charge is 0.308 e. The lowest BCUT2D eigenvalue weighted by atomic mass is 10.1. The third-order valence-corrected chi connectivity index (χ3v) is 3.32. The summed E-state index contributed by atoms with van der Waals surface area (Å²) < 4.78 is 0. The summed E-state index contributed by atoms with van der Waals surface area (Å²) in [6, 6.07) is 11.7. The van der Waals surface area contributed by atoms with E-state index in [1.54, 1.807) is 30.3 Å². The van der Waals surface area contributed by atoms with E-state index in [0.717, 1.165) is 5.56 Å². The van der Waals surface area contributed by atoms with Gasteiger partial charge in [0.05, 0.1) is 10.7 Å². The number of carbonyl (C=O) groups is 2. The molecular formula is C16H15ClN2O2. The molecule has 2 amide bonds. The molecule has 0 aliphatic heterocycles. The Kier molecular flexibility index (Phi) is 4.60. The number of anilines is 2. The molecule has 0 aliphatic rings. The quantitative estimate of drug-likeness (QED) is 0.820. The fourth-order valence-corrected chi connectivity index (χ4v) is 2.12.